The van der Waals surface area contributed by atoms with Crippen LogP contribution in [0.1, 0.15) is 232 Å². The third-order valence-corrected chi connectivity index (χ3v) is 10.7. The lowest BCUT2D eigenvalue weighted by Crippen LogP contribution is -2.57. The van der Waals surface area contributed by atoms with Crippen molar-refractivity contribution in [1.82, 2.24) is 0 Å². The molecule has 0 amide bonds. The molecule has 2 atom stereocenters. The van der Waals surface area contributed by atoms with Gasteiger partial charge >= 0.3 is 17.9 Å². The molecular formula is C42H80O7. The molecule has 7 heteroatoms. The fourth-order valence-corrected chi connectivity index (χ4v) is 7.40. The normalized spacial score (nSPS) is 14.0. The van der Waals surface area contributed by atoms with Gasteiger partial charge in [-0.25, -0.2) is 4.79 Å². The zero-order valence-corrected chi connectivity index (χ0v) is 32.2. The van der Waals surface area contributed by atoms with Gasteiger partial charge in [0.05, 0.1) is 11.8 Å². The topological polar surface area (TPSA) is 132 Å². The smallest absolute Gasteiger partial charge is 0.337 e. The van der Waals surface area contributed by atoms with Gasteiger partial charge in [0.25, 0.3) is 0 Å². The lowest BCUT2D eigenvalue weighted by molar-refractivity contribution is -0.189. The minimum atomic E-state index is -2.83. The summed E-state index contributed by atoms with van der Waals surface area (Å²) in [5.74, 6) is -7.94. The van der Waals surface area contributed by atoms with Crippen LogP contribution in [0.25, 0.3) is 0 Å². The van der Waals surface area contributed by atoms with Crippen LogP contribution in [-0.4, -0.2) is 43.9 Å². The van der Waals surface area contributed by atoms with Crippen LogP contribution in [0.3, 0.4) is 0 Å². The summed E-state index contributed by atoms with van der Waals surface area (Å²) >= 11 is 0. The van der Waals surface area contributed by atoms with Crippen molar-refractivity contribution in [3.63, 3.8) is 0 Å². The molecule has 0 saturated carbocycles. The fourth-order valence-electron chi connectivity index (χ4n) is 7.40. The first-order valence-corrected chi connectivity index (χ1v) is 21.1. The quantitative estimate of drug-likeness (QED) is 0.0470. The predicted octanol–water partition coefficient (Wildman–Crippen LogP) is 12.5. The van der Waals surface area contributed by atoms with Gasteiger partial charge in [0, 0.05) is 0 Å². The van der Waals surface area contributed by atoms with Crippen molar-refractivity contribution >= 4 is 17.9 Å². The third kappa shape index (κ3) is 25.0. The van der Waals surface area contributed by atoms with Crippen molar-refractivity contribution in [2.24, 2.45) is 11.8 Å². The van der Waals surface area contributed by atoms with Crippen LogP contribution < -0.4 is 0 Å². The van der Waals surface area contributed by atoms with E-state index >= 15 is 0 Å². The van der Waals surface area contributed by atoms with Gasteiger partial charge in [0.15, 0.2) is 5.60 Å². The standard InChI is InChI=1S/C42H80O7/c1-3-5-7-9-11-13-15-17-19-21-23-25-27-29-31-33-35-37(39(43)44)42(49,41(47)48)38(40(45)46)36-34-32-30-28-26-24-22-20-18-16-14-12-10-8-6-4-2/h37-38,49H,3-36H2,1-2H3,(H,43,44)(H,45,46)(H,47,48). The first kappa shape index (κ1) is 47.4. The van der Waals surface area contributed by atoms with Crippen molar-refractivity contribution in [2.45, 2.75) is 238 Å². The molecule has 0 spiro atoms. The Bertz CT molecular complexity index is 729. The number of carboxylic acid groups (broad SMARTS) is 3. The number of hydrogen-bond acceptors (Lipinski definition) is 4. The van der Waals surface area contributed by atoms with Crippen LogP contribution in [-0.2, 0) is 14.4 Å². The molecule has 0 aromatic heterocycles. The van der Waals surface area contributed by atoms with Crippen LogP contribution in [0, 0.1) is 11.8 Å². The second kappa shape index (κ2) is 33.5. The molecule has 7 nitrogen and oxygen atoms in total. The molecule has 0 aliphatic heterocycles. The van der Waals surface area contributed by atoms with Crippen molar-refractivity contribution in [3.8, 4) is 0 Å². The average molecular weight is 697 g/mol. The first-order chi connectivity index (χ1) is 23.7. The second-order valence-corrected chi connectivity index (χ2v) is 15.1. The maximum absolute atomic E-state index is 12.3. The Hall–Kier alpha value is -1.63. The van der Waals surface area contributed by atoms with Gasteiger partial charge in [-0.15, -0.1) is 0 Å². The van der Waals surface area contributed by atoms with Gasteiger partial charge in [0.1, 0.15) is 0 Å². The summed E-state index contributed by atoms with van der Waals surface area (Å²) in [6.45, 7) is 4.50. The van der Waals surface area contributed by atoms with Gasteiger partial charge in [0.2, 0.25) is 0 Å². The predicted molar refractivity (Wildman–Crippen MR) is 203 cm³/mol. The minimum Gasteiger partial charge on any atom is -0.481 e. The highest BCUT2D eigenvalue weighted by Crippen LogP contribution is 2.35. The molecule has 0 heterocycles. The number of carboxylic acids is 3. The molecule has 0 rings (SSSR count). The van der Waals surface area contributed by atoms with Crippen LogP contribution in [0.15, 0.2) is 0 Å². The molecule has 0 bridgehead atoms. The molecular weight excluding hydrogens is 616 g/mol. The SMILES string of the molecule is CCCCCCCCCCCCCCCCCCC(C(=O)O)C(O)(C(=O)O)C(CCCCCCCCCCCCCCCCCC)C(=O)O. The Labute approximate surface area is 301 Å². The van der Waals surface area contributed by atoms with Crippen molar-refractivity contribution < 1.29 is 34.8 Å². The molecule has 2 unspecified atom stereocenters. The zero-order valence-electron chi connectivity index (χ0n) is 32.2. The molecule has 0 aromatic rings. The number of carbonyl (C=O) groups is 3. The Morgan fingerprint density at radius 1 is 0.367 bits per heavy atom. The summed E-state index contributed by atoms with van der Waals surface area (Å²) in [5, 5.41) is 41.0. The maximum Gasteiger partial charge on any atom is 0.337 e. The monoisotopic (exact) mass is 697 g/mol. The lowest BCUT2D eigenvalue weighted by Gasteiger charge is -2.34. The third-order valence-electron chi connectivity index (χ3n) is 10.7. The number of aliphatic carboxylic acids is 3. The van der Waals surface area contributed by atoms with E-state index in [2.05, 4.69) is 13.8 Å². The van der Waals surface area contributed by atoms with Crippen molar-refractivity contribution in [2.75, 3.05) is 0 Å². The second-order valence-electron chi connectivity index (χ2n) is 15.1. The van der Waals surface area contributed by atoms with E-state index in [1.54, 1.807) is 0 Å². The molecule has 0 aliphatic rings. The Balaban J connectivity index is 4.27. The summed E-state index contributed by atoms with van der Waals surface area (Å²) < 4.78 is 0. The zero-order chi connectivity index (χ0) is 36.4. The number of rotatable bonds is 39. The summed E-state index contributed by atoms with van der Waals surface area (Å²) in [7, 11) is 0. The van der Waals surface area contributed by atoms with Gasteiger partial charge in [-0.1, -0.05) is 219 Å². The molecule has 4 N–H and O–H groups in total. The molecule has 0 aliphatic carbocycles. The van der Waals surface area contributed by atoms with Gasteiger partial charge in [-0.2, -0.15) is 0 Å². The molecule has 290 valence electrons. The summed E-state index contributed by atoms with van der Waals surface area (Å²) in [6.07, 6.45) is 37.5. The Morgan fingerprint density at radius 3 is 0.714 bits per heavy atom. The largest absolute Gasteiger partial charge is 0.481 e. The Morgan fingerprint density at radius 2 is 0.551 bits per heavy atom. The lowest BCUT2D eigenvalue weighted by atomic mass is 9.72. The van der Waals surface area contributed by atoms with Gasteiger partial charge in [-0.3, -0.25) is 9.59 Å². The minimum absolute atomic E-state index is 0.0423. The number of aliphatic hydroxyl groups is 1. The fraction of sp³-hybridized carbons (Fsp3) is 0.929. The van der Waals surface area contributed by atoms with E-state index in [-0.39, 0.29) is 12.8 Å². The maximum atomic E-state index is 12.3. The highest BCUT2D eigenvalue weighted by atomic mass is 16.4. The molecule has 0 aromatic carbocycles. The molecule has 0 saturated heterocycles. The van der Waals surface area contributed by atoms with Crippen LogP contribution in [0.2, 0.25) is 0 Å². The van der Waals surface area contributed by atoms with E-state index in [0.29, 0.717) is 12.8 Å². The number of hydrogen-bond donors (Lipinski definition) is 4. The molecule has 49 heavy (non-hydrogen) atoms. The van der Waals surface area contributed by atoms with Crippen molar-refractivity contribution in [1.29, 1.82) is 0 Å². The van der Waals surface area contributed by atoms with E-state index in [1.807, 2.05) is 0 Å². The molecule has 0 radical (unpaired) electrons. The van der Waals surface area contributed by atoms with Crippen LogP contribution in [0.4, 0.5) is 0 Å². The van der Waals surface area contributed by atoms with Crippen LogP contribution >= 0.6 is 0 Å². The van der Waals surface area contributed by atoms with E-state index < -0.39 is 35.3 Å². The van der Waals surface area contributed by atoms with E-state index in [9.17, 15) is 34.8 Å². The average Bonchev–Trinajstić information content (AvgIpc) is 3.07. The van der Waals surface area contributed by atoms with Crippen molar-refractivity contribution in [3.05, 3.63) is 0 Å². The van der Waals surface area contributed by atoms with Gasteiger partial charge < -0.3 is 20.4 Å². The van der Waals surface area contributed by atoms with Gasteiger partial charge in [-0.05, 0) is 12.8 Å². The summed E-state index contributed by atoms with van der Waals surface area (Å²) in [6, 6.07) is 0. The number of unbranched alkanes of at least 4 members (excludes halogenated alkanes) is 30. The summed E-state index contributed by atoms with van der Waals surface area (Å²) in [4.78, 5) is 36.6. The van der Waals surface area contributed by atoms with Crippen LogP contribution in [0.5, 0.6) is 0 Å². The summed E-state index contributed by atoms with van der Waals surface area (Å²) in [5.41, 5.74) is -2.83. The Kier molecular flexibility index (Phi) is 32.4. The van der Waals surface area contributed by atoms with E-state index in [0.717, 1.165) is 51.4 Å². The highest BCUT2D eigenvalue weighted by molar-refractivity contribution is 5.91. The highest BCUT2D eigenvalue weighted by Gasteiger charge is 2.56. The molecule has 0 fully saturated rings. The first-order valence-electron chi connectivity index (χ1n) is 21.1. The van der Waals surface area contributed by atoms with E-state index in [1.165, 1.54) is 141 Å². The van der Waals surface area contributed by atoms with E-state index in [4.69, 9.17) is 0 Å².